The van der Waals surface area contributed by atoms with Gasteiger partial charge in [-0.1, -0.05) is 52.2 Å². The molecule has 0 aliphatic heterocycles. The molecule has 2 N–H and O–H groups in total. The molecule has 3 fully saturated rings. The van der Waals surface area contributed by atoms with Crippen molar-refractivity contribution in [1.82, 2.24) is 0 Å². The van der Waals surface area contributed by atoms with E-state index in [9.17, 15) is 19.8 Å². The minimum atomic E-state index is -0.339. The summed E-state index contributed by atoms with van der Waals surface area (Å²) in [7, 11) is 0. The highest BCUT2D eigenvalue weighted by atomic mass is 16.5. The summed E-state index contributed by atoms with van der Waals surface area (Å²) in [5.74, 6) is 3.69. The Kier molecular flexibility index (Phi) is 16.6. The van der Waals surface area contributed by atoms with Crippen molar-refractivity contribution in [2.24, 2.45) is 47.3 Å². The lowest BCUT2D eigenvalue weighted by molar-refractivity contribution is -0.139. The first-order chi connectivity index (χ1) is 21.6. The number of hydrogen-bond acceptors (Lipinski definition) is 7. The van der Waals surface area contributed by atoms with E-state index in [-0.39, 0.29) is 37.2 Å². The lowest BCUT2D eigenvalue weighted by atomic mass is 9.59. The van der Waals surface area contributed by atoms with Crippen LogP contribution in [0.3, 0.4) is 0 Å². The Morgan fingerprint density at radius 3 is 1.78 bits per heavy atom. The molecule has 0 saturated heterocycles. The first-order valence-corrected chi connectivity index (χ1v) is 18.1. The van der Waals surface area contributed by atoms with Crippen LogP contribution in [0.25, 0.3) is 0 Å². The fourth-order valence-corrected chi connectivity index (χ4v) is 8.79. The highest BCUT2D eigenvalue weighted by molar-refractivity contribution is 5.87. The number of carbonyl (C=O) groups excluding carboxylic acids is 2. The Morgan fingerprint density at radius 2 is 1.29 bits per heavy atom. The number of esters is 2. The van der Waals surface area contributed by atoms with Crippen molar-refractivity contribution in [1.29, 1.82) is 0 Å². The third-order valence-electron chi connectivity index (χ3n) is 11.3. The van der Waals surface area contributed by atoms with Gasteiger partial charge < -0.3 is 24.4 Å². The maximum atomic E-state index is 12.0. The molecule has 7 heteroatoms. The fraction of sp³-hybridized carbons (Fsp3) is 0.842. The normalized spacial score (nSPS) is 29.3. The van der Waals surface area contributed by atoms with Gasteiger partial charge in [-0.3, -0.25) is 0 Å². The summed E-state index contributed by atoms with van der Waals surface area (Å²) in [5.41, 5.74) is 0.836. The van der Waals surface area contributed by atoms with Crippen LogP contribution in [0.15, 0.2) is 24.3 Å². The second kappa shape index (κ2) is 19.8. The van der Waals surface area contributed by atoms with Crippen LogP contribution < -0.4 is 0 Å². The Bertz CT molecular complexity index is 877. The summed E-state index contributed by atoms with van der Waals surface area (Å²) < 4.78 is 17.6. The zero-order valence-electron chi connectivity index (χ0n) is 28.7. The van der Waals surface area contributed by atoms with Gasteiger partial charge in [0.1, 0.15) is 0 Å². The Morgan fingerprint density at radius 1 is 0.733 bits per heavy atom. The average molecular weight is 633 g/mol. The maximum absolute atomic E-state index is 12.0. The molecule has 45 heavy (non-hydrogen) atoms. The lowest BCUT2D eigenvalue weighted by Gasteiger charge is -2.48. The molecule has 0 aromatic heterocycles. The molecular formula is C38H64O7. The molecule has 0 bridgehead atoms. The molecule has 7 nitrogen and oxygen atoms in total. The first kappa shape index (κ1) is 37.8. The summed E-state index contributed by atoms with van der Waals surface area (Å²) in [6.07, 6.45) is 17.4. The highest BCUT2D eigenvalue weighted by Crippen LogP contribution is 2.50. The van der Waals surface area contributed by atoms with Crippen LogP contribution in [0.2, 0.25) is 0 Å². The van der Waals surface area contributed by atoms with E-state index in [1.54, 1.807) is 13.8 Å². The van der Waals surface area contributed by atoms with Gasteiger partial charge in [-0.15, -0.1) is 0 Å². The molecule has 258 valence electrons. The zero-order valence-corrected chi connectivity index (χ0v) is 28.7. The molecule has 0 aromatic rings. The van der Waals surface area contributed by atoms with E-state index in [1.807, 2.05) is 0 Å². The molecular weight excluding hydrogens is 568 g/mol. The van der Waals surface area contributed by atoms with Gasteiger partial charge in [-0.05, 0) is 119 Å². The second-order valence-electron chi connectivity index (χ2n) is 14.8. The molecule has 0 heterocycles. The molecule has 0 radical (unpaired) electrons. The maximum Gasteiger partial charge on any atom is 0.333 e. The summed E-state index contributed by atoms with van der Waals surface area (Å²) in [5, 5.41) is 19.2. The van der Waals surface area contributed by atoms with Crippen LogP contribution in [0.5, 0.6) is 0 Å². The average Bonchev–Trinajstić information content (AvgIpc) is 3.04. The number of rotatable bonds is 18. The minimum absolute atomic E-state index is 0.0434. The molecule has 3 aliphatic carbocycles. The van der Waals surface area contributed by atoms with E-state index in [1.165, 1.54) is 51.4 Å². The van der Waals surface area contributed by atoms with Crippen LogP contribution in [0.1, 0.15) is 117 Å². The number of aliphatic hydroxyl groups excluding tert-OH is 2. The zero-order chi connectivity index (χ0) is 32.8. The molecule has 3 aliphatic rings. The van der Waals surface area contributed by atoms with Gasteiger partial charge in [-0.2, -0.15) is 0 Å². The largest absolute Gasteiger partial charge is 0.462 e. The Balaban J connectivity index is 1.72. The van der Waals surface area contributed by atoms with Gasteiger partial charge in [0.25, 0.3) is 0 Å². The lowest BCUT2D eigenvalue weighted by Crippen LogP contribution is -2.44. The van der Waals surface area contributed by atoms with Gasteiger partial charge >= 0.3 is 11.9 Å². The quantitative estimate of drug-likeness (QED) is 0.0920. The summed E-state index contributed by atoms with van der Waals surface area (Å²) >= 11 is 0. The standard InChI is InChI=1S/C38H64O7/c1-26(2)37(41)44-18-9-13-32-22-34(35-16-15-31(21-28(35)5)30-11-7-6-8-12-30)23-33(14-10-19-45-38(42)27(3)4)36(32)43-20-17-29(24-39)25-40/h28-36,39-40H,1,3,6-25H2,2,4-5H3. The first-order valence-electron chi connectivity index (χ1n) is 18.1. The van der Waals surface area contributed by atoms with E-state index in [4.69, 9.17) is 14.2 Å². The molecule has 0 aromatic carbocycles. The number of aliphatic hydroxyl groups is 2. The van der Waals surface area contributed by atoms with Crippen LogP contribution in [0, 0.1) is 47.3 Å². The molecule has 3 rings (SSSR count). The van der Waals surface area contributed by atoms with Crippen LogP contribution in [-0.2, 0) is 23.8 Å². The van der Waals surface area contributed by atoms with Gasteiger partial charge in [0.05, 0.1) is 19.3 Å². The minimum Gasteiger partial charge on any atom is -0.462 e. The van der Waals surface area contributed by atoms with Crippen LogP contribution >= 0.6 is 0 Å². The predicted molar refractivity (Wildman–Crippen MR) is 178 cm³/mol. The van der Waals surface area contributed by atoms with E-state index in [2.05, 4.69) is 20.1 Å². The smallest absolute Gasteiger partial charge is 0.333 e. The Labute approximate surface area is 273 Å². The third kappa shape index (κ3) is 12.1. The highest BCUT2D eigenvalue weighted by Gasteiger charge is 2.43. The van der Waals surface area contributed by atoms with Crippen molar-refractivity contribution >= 4 is 11.9 Å². The van der Waals surface area contributed by atoms with Crippen molar-refractivity contribution in [3.05, 3.63) is 24.3 Å². The summed E-state index contributed by atoms with van der Waals surface area (Å²) in [4.78, 5) is 24.0. The number of carbonyl (C=O) groups is 2. The van der Waals surface area contributed by atoms with E-state index < -0.39 is 0 Å². The molecule has 0 spiro atoms. The number of ether oxygens (including phenoxy) is 3. The number of hydrogen-bond donors (Lipinski definition) is 2. The van der Waals surface area contributed by atoms with E-state index >= 15 is 0 Å². The fourth-order valence-electron chi connectivity index (χ4n) is 8.79. The van der Waals surface area contributed by atoms with Gasteiger partial charge in [-0.25, -0.2) is 9.59 Å². The summed E-state index contributed by atoms with van der Waals surface area (Å²) in [6.45, 7) is 14.4. The molecule has 0 amide bonds. The van der Waals surface area contributed by atoms with Crippen molar-refractivity contribution in [2.75, 3.05) is 33.0 Å². The third-order valence-corrected chi connectivity index (χ3v) is 11.3. The molecule has 5 atom stereocenters. The second-order valence-corrected chi connectivity index (χ2v) is 14.8. The van der Waals surface area contributed by atoms with Crippen molar-refractivity contribution in [2.45, 2.75) is 123 Å². The van der Waals surface area contributed by atoms with Gasteiger partial charge in [0, 0.05) is 36.9 Å². The van der Waals surface area contributed by atoms with Crippen molar-refractivity contribution in [3.8, 4) is 0 Å². The van der Waals surface area contributed by atoms with Gasteiger partial charge in [0.2, 0.25) is 0 Å². The van der Waals surface area contributed by atoms with Crippen molar-refractivity contribution in [3.63, 3.8) is 0 Å². The monoisotopic (exact) mass is 632 g/mol. The molecule has 5 unspecified atom stereocenters. The topological polar surface area (TPSA) is 102 Å². The van der Waals surface area contributed by atoms with Crippen molar-refractivity contribution < 1.29 is 34.0 Å². The van der Waals surface area contributed by atoms with Gasteiger partial charge in [0.15, 0.2) is 0 Å². The van der Waals surface area contributed by atoms with Crippen LogP contribution in [-0.4, -0.2) is 61.3 Å². The van der Waals surface area contributed by atoms with E-state index in [0.717, 1.165) is 56.3 Å². The van der Waals surface area contributed by atoms with E-state index in [0.29, 0.717) is 61.1 Å². The SMILES string of the molecule is C=C(C)C(=O)OCCCC1CC(C2CCC(C3CCCCC3)CC2C)CC(CCCOC(=O)C(=C)C)C1OCCC(CO)CO. The van der Waals surface area contributed by atoms with Crippen LogP contribution in [0.4, 0.5) is 0 Å². The molecule has 3 saturated carbocycles. The predicted octanol–water partition coefficient (Wildman–Crippen LogP) is 7.44. The Hall–Kier alpha value is -1.70. The summed E-state index contributed by atoms with van der Waals surface area (Å²) in [6, 6.07) is 0.